The molecular weight excluding hydrogens is 404 g/mol. The van der Waals surface area contributed by atoms with Gasteiger partial charge in [-0.05, 0) is 51.5 Å². The Kier molecular flexibility index (Phi) is 6.39. The first-order valence-electron chi connectivity index (χ1n) is 11.1. The summed E-state index contributed by atoms with van der Waals surface area (Å²) in [4.78, 5) is 29.3. The summed E-state index contributed by atoms with van der Waals surface area (Å²) in [5.74, 6) is 0.902. The molecular formula is C24H30N6O2. The van der Waals surface area contributed by atoms with Gasteiger partial charge in [0.15, 0.2) is 0 Å². The summed E-state index contributed by atoms with van der Waals surface area (Å²) in [6.45, 7) is 9.43. The first kappa shape index (κ1) is 21.8. The van der Waals surface area contributed by atoms with Crippen molar-refractivity contribution in [3.05, 3.63) is 69.8 Å². The average Bonchev–Trinajstić information content (AvgIpc) is 2.96. The molecule has 1 aromatic carbocycles. The van der Waals surface area contributed by atoms with Gasteiger partial charge in [-0.25, -0.2) is 0 Å². The van der Waals surface area contributed by atoms with Gasteiger partial charge in [-0.15, -0.1) is 5.10 Å². The Bertz CT molecular complexity index is 1150. The Balaban J connectivity index is 1.41. The number of amides is 1. The molecule has 8 nitrogen and oxygen atoms in total. The highest BCUT2D eigenvalue weighted by Gasteiger charge is 2.20. The van der Waals surface area contributed by atoms with Gasteiger partial charge in [0, 0.05) is 50.9 Å². The molecule has 32 heavy (non-hydrogen) atoms. The largest absolute Gasteiger partial charge is 0.353 e. The van der Waals surface area contributed by atoms with E-state index in [4.69, 9.17) is 0 Å². The van der Waals surface area contributed by atoms with E-state index in [1.807, 2.05) is 60.7 Å². The zero-order valence-corrected chi connectivity index (χ0v) is 19.0. The van der Waals surface area contributed by atoms with E-state index in [0.29, 0.717) is 26.1 Å². The van der Waals surface area contributed by atoms with Crippen molar-refractivity contribution in [3.8, 4) is 5.69 Å². The minimum Gasteiger partial charge on any atom is -0.353 e. The Hall–Kier alpha value is -3.42. The Morgan fingerprint density at radius 2 is 1.72 bits per heavy atom. The summed E-state index contributed by atoms with van der Waals surface area (Å²) in [5, 5.41) is 9.05. The van der Waals surface area contributed by atoms with Crippen molar-refractivity contribution in [1.82, 2.24) is 24.5 Å². The fraction of sp³-hybridized carbons (Fsp3) is 0.417. The summed E-state index contributed by atoms with van der Waals surface area (Å²) < 4.78 is 3.34. The lowest BCUT2D eigenvalue weighted by Gasteiger charge is -2.23. The van der Waals surface area contributed by atoms with Crippen LogP contribution in [-0.4, -0.2) is 56.5 Å². The summed E-state index contributed by atoms with van der Waals surface area (Å²) in [5.41, 5.74) is 3.77. The van der Waals surface area contributed by atoms with Gasteiger partial charge >= 0.3 is 0 Å². The van der Waals surface area contributed by atoms with Crippen molar-refractivity contribution in [2.24, 2.45) is 0 Å². The van der Waals surface area contributed by atoms with Crippen molar-refractivity contribution in [2.45, 2.75) is 40.2 Å². The smallest absolute Gasteiger partial charge is 0.271 e. The predicted octanol–water partition coefficient (Wildman–Crippen LogP) is 2.48. The van der Waals surface area contributed by atoms with Crippen LogP contribution in [0.2, 0.25) is 0 Å². The van der Waals surface area contributed by atoms with Crippen molar-refractivity contribution >= 4 is 11.7 Å². The Morgan fingerprint density at radius 3 is 2.44 bits per heavy atom. The summed E-state index contributed by atoms with van der Waals surface area (Å²) >= 11 is 0. The third kappa shape index (κ3) is 4.90. The fourth-order valence-corrected chi connectivity index (χ4v) is 4.10. The van der Waals surface area contributed by atoms with Crippen LogP contribution in [0, 0.1) is 20.8 Å². The van der Waals surface area contributed by atoms with Crippen LogP contribution in [0.15, 0.2) is 47.3 Å². The van der Waals surface area contributed by atoms with E-state index in [9.17, 15) is 9.59 Å². The van der Waals surface area contributed by atoms with Gasteiger partial charge < -0.3 is 9.80 Å². The van der Waals surface area contributed by atoms with Crippen molar-refractivity contribution in [2.75, 3.05) is 31.1 Å². The number of benzene rings is 1. The van der Waals surface area contributed by atoms with Gasteiger partial charge in [0.2, 0.25) is 5.91 Å². The highest BCUT2D eigenvalue weighted by atomic mass is 16.2. The van der Waals surface area contributed by atoms with Crippen molar-refractivity contribution < 1.29 is 4.79 Å². The summed E-state index contributed by atoms with van der Waals surface area (Å²) in [6, 6.07) is 13.1. The minimum absolute atomic E-state index is 0.150. The van der Waals surface area contributed by atoms with E-state index < -0.39 is 0 Å². The lowest BCUT2D eigenvalue weighted by molar-refractivity contribution is -0.131. The van der Waals surface area contributed by atoms with Crippen LogP contribution in [0.1, 0.15) is 29.8 Å². The topological polar surface area (TPSA) is 76.3 Å². The molecule has 0 N–H and O–H groups in total. The van der Waals surface area contributed by atoms with Gasteiger partial charge in [-0.2, -0.15) is 9.78 Å². The second kappa shape index (κ2) is 9.38. The number of hydrogen-bond donors (Lipinski definition) is 0. The number of aryl methyl sites for hydroxylation is 4. The van der Waals surface area contributed by atoms with Crippen LogP contribution in [-0.2, 0) is 11.3 Å². The molecule has 1 saturated heterocycles. The molecule has 8 heteroatoms. The zero-order valence-electron chi connectivity index (χ0n) is 19.0. The number of nitrogens with zero attached hydrogens (tertiary/aromatic N) is 6. The van der Waals surface area contributed by atoms with Crippen molar-refractivity contribution in [3.63, 3.8) is 0 Å². The maximum atomic E-state index is 12.8. The molecule has 3 aromatic rings. The molecule has 168 valence electrons. The zero-order chi connectivity index (χ0) is 22.7. The quantitative estimate of drug-likeness (QED) is 0.617. The first-order valence-corrected chi connectivity index (χ1v) is 11.1. The van der Waals surface area contributed by atoms with E-state index in [1.54, 1.807) is 12.1 Å². The van der Waals surface area contributed by atoms with Crippen LogP contribution in [0.4, 0.5) is 5.82 Å². The highest BCUT2D eigenvalue weighted by molar-refractivity contribution is 5.76. The molecule has 4 rings (SSSR count). The maximum absolute atomic E-state index is 12.8. The van der Waals surface area contributed by atoms with E-state index in [0.717, 1.165) is 48.0 Å². The van der Waals surface area contributed by atoms with E-state index in [2.05, 4.69) is 15.1 Å². The average molecular weight is 435 g/mol. The predicted molar refractivity (Wildman–Crippen MR) is 124 cm³/mol. The van der Waals surface area contributed by atoms with Crippen molar-refractivity contribution in [1.29, 1.82) is 0 Å². The minimum atomic E-state index is -0.159. The van der Waals surface area contributed by atoms with Crippen LogP contribution >= 0.6 is 0 Å². The van der Waals surface area contributed by atoms with Crippen LogP contribution in [0.5, 0.6) is 0 Å². The van der Waals surface area contributed by atoms with Crippen LogP contribution in [0.3, 0.4) is 0 Å². The molecule has 3 heterocycles. The highest BCUT2D eigenvalue weighted by Crippen LogP contribution is 2.15. The number of carbonyl (C=O) groups excluding carboxylic acids is 1. The molecule has 1 fully saturated rings. The lowest BCUT2D eigenvalue weighted by atomic mass is 10.2. The molecule has 0 bridgehead atoms. The number of rotatable bonds is 5. The summed E-state index contributed by atoms with van der Waals surface area (Å²) in [7, 11) is 0. The third-order valence-electron chi connectivity index (χ3n) is 5.88. The molecule has 0 saturated carbocycles. The molecule has 2 aromatic heterocycles. The lowest BCUT2D eigenvalue weighted by Crippen LogP contribution is -2.36. The second-order valence-electron chi connectivity index (χ2n) is 8.40. The number of hydrogen-bond acceptors (Lipinski definition) is 5. The molecule has 1 aliphatic rings. The molecule has 0 aliphatic carbocycles. The Morgan fingerprint density at radius 1 is 0.938 bits per heavy atom. The Labute approximate surface area is 188 Å². The number of aromatic nitrogens is 4. The molecule has 0 atom stereocenters. The number of anilines is 1. The molecule has 1 amide bonds. The van der Waals surface area contributed by atoms with E-state index in [-0.39, 0.29) is 11.5 Å². The molecule has 0 spiro atoms. The van der Waals surface area contributed by atoms with Gasteiger partial charge in [-0.1, -0.05) is 17.7 Å². The van der Waals surface area contributed by atoms with Gasteiger partial charge in [0.05, 0.1) is 11.4 Å². The molecule has 0 radical (unpaired) electrons. The van der Waals surface area contributed by atoms with Gasteiger partial charge in [0.1, 0.15) is 5.82 Å². The standard InChI is InChI=1S/C24H30N6O2/c1-18-5-7-21(8-6-18)30-24(32)10-9-22(26-30)27-12-4-13-28(16-15-27)23(31)11-14-29-20(3)17-19(2)25-29/h5-10,17H,4,11-16H2,1-3H3. The monoisotopic (exact) mass is 434 g/mol. The maximum Gasteiger partial charge on any atom is 0.271 e. The normalized spacial score (nSPS) is 14.5. The first-order chi connectivity index (χ1) is 15.4. The van der Waals surface area contributed by atoms with Crippen LogP contribution in [0.25, 0.3) is 5.69 Å². The SMILES string of the molecule is Cc1ccc(-n2nc(N3CCCN(C(=O)CCn4nc(C)cc4C)CC3)ccc2=O)cc1. The molecule has 0 unspecified atom stereocenters. The van der Waals surface area contributed by atoms with E-state index in [1.165, 1.54) is 4.68 Å². The van der Waals surface area contributed by atoms with Crippen LogP contribution < -0.4 is 10.5 Å². The summed E-state index contributed by atoms with van der Waals surface area (Å²) in [6.07, 6.45) is 1.30. The molecule has 1 aliphatic heterocycles. The number of carbonyl (C=O) groups is 1. The van der Waals surface area contributed by atoms with E-state index >= 15 is 0 Å². The van der Waals surface area contributed by atoms with Gasteiger partial charge in [-0.3, -0.25) is 14.3 Å². The second-order valence-corrected chi connectivity index (χ2v) is 8.40. The third-order valence-corrected chi connectivity index (χ3v) is 5.88. The fourth-order valence-electron chi connectivity index (χ4n) is 4.10. The van der Waals surface area contributed by atoms with Gasteiger partial charge in [0.25, 0.3) is 5.56 Å².